The minimum absolute atomic E-state index is 0. The standard InChI is InChI=1S/C2H7N.B/c1-2-3;/h2-3H2,1H3;. The zero-order chi connectivity index (χ0) is 2.71. The molecule has 0 aromatic rings. The highest BCUT2D eigenvalue weighted by molar-refractivity contribution is 5.75. The molecule has 0 spiro atoms. The smallest absolute Gasteiger partial charge is 0 e. The predicted octanol–water partition coefficient (Wildman–Crippen LogP) is -0.416. The Kier molecular flexibility index (Phi) is 26.5. The van der Waals surface area contributed by atoms with E-state index in [-0.39, 0.29) is 8.41 Å². The van der Waals surface area contributed by atoms with Crippen molar-refractivity contribution in [3.05, 3.63) is 0 Å². The molecule has 0 atom stereocenters. The van der Waals surface area contributed by atoms with Gasteiger partial charge in [0.25, 0.3) is 0 Å². The lowest BCUT2D eigenvalue weighted by atomic mass is 10.8. The van der Waals surface area contributed by atoms with E-state index >= 15 is 0 Å². The van der Waals surface area contributed by atoms with E-state index in [0.717, 1.165) is 6.54 Å². The molecule has 4 heavy (non-hydrogen) atoms. The summed E-state index contributed by atoms with van der Waals surface area (Å²) in [5, 5.41) is 0. The van der Waals surface area contributed by atoms with Crippen LogP contribution in [0, 0.1) is 0 Å². The van der Waals surface area contributed by atoms with Crippen molar-refractivity contribution in [1.82, 2.24) is 0 Å². The normalized spacial score (nSPS) is 4.50. The summed E-state index contributed by atoms with van der Waals surface area (Å²) in [5.41, 5.74) is 4.85. The highest BCUT2D eigenvalue weighted by Crippen LogP contribution is 1.20. The maximum Gasteiger partial charge on any atom is 0 e. The molecule has 0 aromatic carbocycles. The molecule has 0 heterocycles. The van der Waals surface area contributed by atoms with Gasteiger partial charge in [-0.2, -0.15) is 0 Å². The molecule has 0 saturated heterocycles. The van der Waals surface area contributed by atoms with Gasteiger partial charge in [0, 0.05) is 8.41 Å². The van der Waals surface area contributed by atoms with Crippen molar-refractivity contribution in [3.63, 3.8) is 0 Å². The van der Waals surface area contributed by atoms with Gasteiger partial charge >= 0.3 is 0 Å². The van der Waals surface area contributed by atoms with Crippen LogP contribution in [0.5, 0.6) is 0 Å². The van der Waals surface area contributed by atoms with Crippen LogP contribution in [0.25, 0.3) is 0 Å². The van der Waals surface area contributed by atoms with E-state index in [9.17, 15) is 0 Å². The molecule has 2 N–H and O–H groups in total. The third-order valence-electron chi connectivity index (χ3n) is 0. The van der Waals surface area contributed by atoms with Crippen molar-refractivity contribution in [2.24, 2.45) is 5.73 Å². The van der Waals surface area contributed by atoms with E-state index < -0.39 is 0 Å². The van der Waals surface area contributed by atoms with Gasteiger partial charge in [-0.25, -0.2) is 0 Å². The van der Waals surface area contributed by atoms with E-state index in [1.165, 1.54) is 0 Å². The largest absolute Gasteiger partial charge is 0.331 e. The first-order valence-corrected chi connectivity index (χ1v) is 1.12. The summed E-state index contributed by atoms with van der Waals surface area (Å²) in [7, 11) is 0. The molecule has 0 amide bonds. The van der Waals surface area contributed by atoms with Gasteiger partial charge in [-0.1, -0.05) is 6.92 Å². The average molecular weight is 55.9 g/mol. The molecule has 23 valence electrons. The van der Waals surface area contributed by atoms with Crippen LogP contribution >= 0.6 is 0 Å². The Morgan fingerprint density at radius 3 is 1.75 bits per heavy atom. The zero-order valence-corrected chi connectivity index (χ0v) is 2.86. The van der Waals surface area contributed by atoms with Gasteiger partial charge in [-0.3, -0.25) is 0 Å². The minimum atomic E-state index is 0. The molecule has 0 aromatic heterocycles. The maximum atomic E-state index is 4.85. The molecule has 1 nitrogen and oxygen atoms in total. The molecule has 0 rings (SSSR count). The topological polar surface area (TPSA) is 26.0 Å². The quantitative estimate of drug-likeness (QED) is 0.375. The Bertz CT molecular complexity index is 6.00. The van der Waals surface area contributed by atoms with Crippen LogP contribution in [-0.4, -0.2) is 15.0 Å². The molecule has 0 aliphatic heterocycles. The Morgan fingerprint density at radius 2 is 1.75 bits per heavy atom. The lowest BCUT2D eigenvalue weighted by Crippen LogP contribution is -1.87. The van der Waals surface area contributed by atoms with Gasteiger partial charge in [0.1, 0.15) is 0 Å². The first-order valence-electron chi connectivity index (χ1n) is 1.12. The van der Waals surface area contributed by atoms with Crippen molar-refractivity contribution in [3.8, 4) is 0 Å². The second-order valence-corrected chi connectivity index (χ2v) is 0.408. The first-order chi connectivity index (χ1) is 1.41. The second-order valence-electron chi connectivity index (χ2n) is 0.408. The van der Waals surface area contributed by atoms with Crippen molar-refractivity contribution < 1.29 is 0 Å². The van der Waals surface area contributed by atoms with Crippen molar-refractivity contribution in [2.75, 3.05) is 6.54 Å². The molecular formula is C2H7BN. The lowest BCUT2D eigenvalue weighted by Gasteiger charge is -1.53. The Morgan fingerprint density at radius 1 is 1.75 bits per heavy atom. The lowest BCUT2D eigenvalue weighted by molar-refractivity contribution is 1.14. The van der Waals surface area contributed by atoms with E-state index in [1.807, 2.05) is 6.92 Å². The predicted molar refractivity (Wildman–Crippen MR) is 20.5 cm³/mol. The molecule has 0 unspecified atom stereocenters. The van der Waals surface area contributed by atoms with Gasteiger partial charge in [0.05, 0.1) is 0 Å². The Hall–Kier alpha value is 0.0249. The summed E-state index contributed by atoms with van der Waals surface area (Å²) in [6, 6.07) is 0. The highest BCUT2D eigenvalue weighted by Gasteiger charge is 1.32. The van der Waals surface area contributed by atoms with Crippen molar-refractivity contribution in [2.45, 2.75) is 6.92 Å². The fourth-order valence-electron chi connectivity index (χ4n) is 0. The number of rotatable bonds is 0. The summed E-state index contributed by atoms with van der Waals surface area (Å²) in [4.78, 5) is 0. The van der Waals surface area contributed by atoms with Crippen LogP contribution in [0.15, 0.2) is 0 Å². The van der Waals surface area contributed by atoms with Crippen LogP contribution in [0.2, 0.25) is 0 Å². The molecule has 2 heteroatoms. The maximum absolute atomic E-state index is 4.85. The summed E-state index contributed by atoms with van der Waals surface area (Å²) >= 11 is 0. The van der Waals surface area contributed by atoms with Crippen molar-refractivity contribution in [1.29, 1.82) is 0 Å². The fraction of sp³-hybridized carbons (Fsp3) is 1.00. The van der Waals surface area contributed by atoms with E-state index in [0.29, 0.717) is 0 Å². The fourth-order valence-corrected chi connectivity index (χ4v) is 0. The monoisotopic (exact) mass is 56.1 g/mol. The summed E-state index contributed by atoms with van der Waals surface area (Å²) in [5.74, 6) is 0. The van der Waals surface area contributed by atoms with Gasteiger partial charge in [-0.05, 0) is 6.54 Å². The Balaban J connectivity index is 0. The summed E-state index contributed by atoms with van der Waals surface area (Å²) in [6.07, 6.45) is 0. The number of hydrogen-bond acceptors (Lipinski definition) is 1. The molecule has 0 fully saturated rings. The third kappa shape index (κ3) is 3420. The molecule has 0 saturated carbocycles. The molecule has 3 radical (unpaired) electrons. The van der Waals surface area contributed by atoms with Crippen LogP contribution in [0.4, 0.5) is 0 Å². The molecule has 0 bridgehead atoms. The summed E-state index contributed by atoms with van der Waals surface area (Å²) < 4.78 is 0. The van der Waals surface area contributed by atoms with Crippen LogP contribution in [-0.2, 0) is 0 Å². The summed E-state index contributed by atoms with van der Waals surface area (Å²) in [6.45, 7) is 2.65. The van der Waals surface area contributed by atoms with Crippen LogP contribution in [0.3, 0.4) is 0 Å². The van der Waals surface area contributed by atoms with E-state index in [4.69, 9.17) is 5.73 Å². The second kappa shape index (κ2) is 11.8. The van der Waals surface area contributed by atoms with Gasteiger partial charge in [0.2, 0.25) is 0 Å². The molecule has 0 aliphatic rings. The van der Waals surface area contributed by atoms with Gasteiger partial charge < -0.3 is 5.73 Å². The van der Waals surface area contributed by atoms with Crippen LogP contribution in [0.1, 0.15) is 6.92 Å². The number of hydrogen-bond donors (Lipinski definition) is 1. The van der Waals surface area contributed by atoms with Gasteiger partial charge in [-0.15, -0.1) is 0 Å². The molecule has 0 aliphatic carbocycles. The van der Waals surface area contributed by atoms with Gasteiger partial charge in [0.15, 0.2) is 0 Å². The first kappa shape index (κ1) is 8.98. The third-order valence-corrected chi connectivity index (χ3v) is 0. The van der Waals surface area contributed by atoms with E-state index in [1.54, 1.807) is 0 Å². The van der Waals surface area contributed by atoms with E-state index in [2.05, 4.69) is 0 Å². The molecular weight excluding hydrogens is 48.8 g/mol. The SMILES string of the molecule is CCN.[B]. The van der Waals surface area contributed by atoms with Crippen molar-refractivity contribution >= 4 is 8.41 Å². The zero-order valence-electron chi connectivity index (χ0n) is 2.86. The van der Waals surface area contributed by atoms with Crippen LogP contribution < -0.4 is 5.73 Å². The highest BCUT2D eigenvalue weighted by atomic mass is 14.5. The minimum Gasteiger partial charge on any atom is -0.331 e. The average Bonchev–Trinajstić information content (AvgIpc) is 0.918. The number of nitrogens with two attached hydrogens (primary N) is 1. The Labute approximate surface area is 28.8 Å².